The van der Waals surface area contributed by atoms with Crippen LogP contribution in [0.25, 0.3) is 0 Å². The van der Waals surface area contributed by atoms with E-state index in [0.717, 1.165) is 5.56 Å². The number of Topliss-reactive ketones (excluding diaryl/α,β-unsaturated/α-hetero) is 1. The number of likely N-dealkylation sites (tertiary alicyclic amines) is 1. The Kier molecular flexibility index (Phi) is 3.64. The molecule has 1 saturated heterocycles. The van der Waals surface area contributed by atoms with E-state index in [0.29, 0.717) is 19.6 Å². The van der Waals surface area contributed by atoms with Crippen molar-refractivity contribution in [2.45, 2.75) is 38.3 Å². The number of rotatable bonds is 5. The largest absolute Gasteiger partial charge is 0.383 e. The van der Waals surface area contributed by atoms with E-state index in [9.17, 15) is 4.79 Å². The highest BCUT2D eigenvalue weighted by Crippen LogP contribution is 2.25. The minimum atomic E-state index is -1.31. The number of hydrogen-bond acceptors (Lipinski definition) is 3. The number of ether oxygens (including phenoxy) is 1. The summed E-state index contributed by atoms with van der Waals surface area (Å²) >= 11 is 0. The van der Waals surface area contributed by atoms with Crippen molar-refractivity contribution in [1.29, 1.82) is 0 Å². The molecule has 3 atom stereocenters. The van der Waals surface area contributed by atoms with Crippen LogP contribution in [0.2, 0.25) is 0 Å². The molecule has 98 valence electrons. The number of carbonyl (C=O) groups is 1. The van der Waals surface area contributed by atoms with Gasteiger partial charge in [0, 0.05) is 27.5 Å². The van der Waals surface area contributed by atoms with Gasteiger partial charge in [-0.3, -0.25) is 9.69 Å². The zero-order chi connectivity index (χ0) is 14.8. The predicted octanol–water partition coefficient (Wildman–Crippen LogP) is 2.25. The number of carbonyl (C=O) groups excluding carboxylic acids is 1. The molecule has 0 saturated carbocycles. The first-order valence-electron chi connectivity index (χ1n) is 7.38. The van der Waals surface area contributed by atoms with Gasteiger partial charge in [0.25, 0.3) is 0 Å². The van der Waals surface area contributed by atoms with Gasteiger partial charge in [-0.25, -0.2) is 0 Å². The maximum atomic E-state index is 12.3. The van der Waals surface area contributed by atoms with Gasteiger partial charge in [0.1, 0.15) is 0 Å². The van der Waals surface area contributed by atoms with Crippen molar-refractivity contribution in [1.82, 2.24) is 4.90 Å². The third-order valence-corrected chi connectivity index (χ3v) is 3.24. The summed E-state index contributed by atoms with van der Waals surface area (Å²) in [6.45, 7) is 2.62. The van der Waals surface area contributed by atoms with Gasteiger partial charge in [-0.05, 0) is 12.0 Å². The predicted molar refractivity (Wildman–Crippen MR) is 71.4 cm³/mol. The molecule has 2 unspecified atom stereocenters. The third kappa shape index (κ3) is 2.79. The first kappa shape index (κ1) is 10.7. The maximum Gasteiger partial charge on any atom is 0.151 e. The lowest BCUT2D eigenvalue weighted by Crippen LogP contribution is -2.38. The van der Waals surface area contributed by atoms with E-state index < -0.39 is 12.4 Å². The van der Waals surface area contributed by atoms with Crippen molar-refractivity contribution in [2.24, 2.45) is 0 Å². The van der Waals surface area contributed by atoms with Crippen LogP contribution in [0.5, 0.6) is 0 Å². The molecule has 1 aliphatic rings. The first-order chi connectivity index (χ1) is 9.54. The highest BCUT2D eigenvalue weighted by molar-refractivity contribution is 5.86. The van der Waals surface area contributed by atoms with Crippen molar-refractivity contribution in [3.05, 3.63) is 35.9 Å². The molecule has 1 heterocycles. The Labute approximate surface area is 112 Å². The van der Waals surface area contributed by atoms with Crippen molar-refractivity contribution >= 4 is 5.78 Å². The van der Waals surface area contributed by atoms with Gasteiger partial charge in [0.2, 0.25) is 0 Å². The molecule has 1 aromatic carbocycles. The van der Waals surface area contributed by atoms with Crippen molar-refractivity contribution < 1.29 is 12.3 Å². The molecule has 0 radical (unpaired) electrons. The molecule has 0 N–H and O–H groups in total. The molecular weight excluding hydrogens is 226 g/mol. The summed E-state index contributed by atoms with van der Waals surface area (Å²) in [6.07, 6.45) is -0.523. The highest BCUT2D eigenvalue weighted by Gasteiger charge is 2.38. The van der Waals surface area contributed by atoms with Crippen molar-refractivity contribution in [3.63, 3.8) is 0 Å². The fraction of sp³-hybridized carbons (Fsp3) is 0.533. The van der Waals surface area contributed by atoms with E-state index in [1.54, 1.807) is 7.11 Å². The Hall–Kier alpha value is -1.19. The summed E-state index contributed by atoms with van der Waals surface area (Å²) < 4.78 is 21.7. The Bertz CT molecular complexity index is 468. The lowest BCUT2D eigenvalue weighted by atomic mass is 10.1. The average molecular weight is 249 g/mol. The average Bonchev–Trinajstić information content (AvgIpc) is 2.65. The van der Waals surface area contributed by atoms with E-state index in [1.165, 1.54) is 0 Å². The normalized spacial score (nSPS) is 34.4. The Morgan fingerprint density at radius 2 is 2.22 bits per heavy atom. The SMILES string of the molecule is [2H]C1C(=O)C([2H])(CC)N(Cc2ccccc2)[C@@H]1COC. The van der Waals surface area contributed by atoms with Gasteiger partial charge in [0.15, 0.2) is 5.78 Å². The van der Waals surface area contributed by atoms with Gasteiger partial charge in [0.05, 0.1) is 14.0 Å². The van der Waals surface area contributed by atoms with Crippen LogP contribution in [0.3, 0.4) is 0 Å². The van der Waals surface area contributed by atoms with Crippen LogP contribution in [-0.2, 0) is 16.1 Å². The molecule has 0 bridgehead atoms. The molecule has 1 aliphatic heterocycles. The highest BCUT2D eigenvalue weighted by atomic mass is 16.5. The van der Waals surface area contributed by atoms with Crippen LogP contribution in [0.1, 0.15) is 28.0 Å². The third-order valence-electron chi connectivity index (χ3n) is 3.24. The van der Waals surface area contributed by atoms with Crippen molar-refractivity contribution in [2.75, 3.05) is 13.7 Å². The second kappa shape index (κ2) is 6.12. The van der Waals surface area contributed by atoms with Crippen LogP contribution in [0.4, 0.5) is 0 Å². The quantitative estimate of drug-likeness (QED) is 0.801. The van der Waals surface area contributed by atoms with Gasteiger partial charge >= 0.3 is 0 Å². The Balaban J connectivity index is 2.31. The summed E-state index contributed by atoms with van der Waals surface area (Å²) in [5, 5.41) is 0. The van der Waals surface area contributed by atoms with E-state index in [2.05, 4.69) is 0 Å². The minimum absolute atomic E-state index is 0.299. The summed E-state index contributed by atoms with van der Waals surface area (Å²) in [6, 6.07) is 8.09. The molecule has 18 heavy (non-hydrogen) atoms. The molecular formula is C15H21NO2. The van der Waals surface area contributed by atoms with Crippen LogP contribution >= 0.6 is 0 Å². The molecule has 3 nitrogen and oxygen atoms in total. The minimum Gasteiger partial charge on any atom is -0.383 e. The standard InChI is InChI=1S/C15H21NO2/c1-3-14-15(17)9-13(11-18-2)16(14)10-12-7-5-4-6-8-12/h4-8,13-14H,3,9-11H2,1-2H3/t13-,14?/m0/s1/i9D,14D/t9?,13-,14?. The topological polar surface area (TPSA) is 29.5 Å². The summed E-state index contributed by atoms with van der Waals surface area (Å²) in [5.41, 5.74) is 1.04. The zero-order valence-corrected chi connectivity index (χ0v) is 10.9. The Morgan fingerprint density at radius 1 is 1.50 bits per heavy atom. The Morgan fingerprint density at radius 3 is 2.83 bits per heavy atom. The van der Waals surface area contributed by atoms with Crippen molar-refractivity contribution in [3.8, 4) is 0 Å². The summed E-state index contributed by atoms with van der Waals surface area (Å²) in [7, 11) is 1.56. The molecule has 0 spiro atoms. The zero-order valence-electron chi connectivity index (χ0n) is 12.9. The number of hydrogen-bond donors (Lipinski definition) is 0. The fourth-order valence-electron chi connectivity index (χ4n) is 2.38. The van der Waals surface area contributed by atoms with Gasteiger partial charge in [-0.15, -0.1) is 0 Å². The summed E-state index contributed by atoms with van der Waals surface area (Å²) in [4.78, 5) is 14.1. The smallest absolute Gasteiger partial charge is 0.151 e. The molecule has 0 aromatic heterocycles. The fourth-order valence-corrected chi connectivity index (χ4v) is 2.38. The van der Waals surface area contributed by atoms with Gasteiger partial charge in [-0.1, -0.05) is 37.3 Å². The molecule has 3 heteroatoms. The lowest BCUT2D eigenvalue weighted by Gasteiger charge is -2.28. The molecule has 0 aliphatic carbocycles. The van der Waals surface area contributed by atoms with Crippen LogP contribution in [-0.4, -0.2) is 36.5 Å². The van der Waals surface area contributed by atoms with E-state index >= 15 is 0 Å². The molecule has 2 rings (SSSR count). The number of methoxy groups -OCH3 is 1. The van der Waals surface area contributed by atoms with Crippen LogP contribution in [0.15, 0.2) is 30.3 Å². The van der Waals surface area contributed by atoms with E-state index in [-0.39, 0.29) is 11.8 Å². The molecule has 1 aromatic rings. The molecule has 1 fully saturated rings. The number of ketones is 1. The van der Waals surface area contributed by atoms with E-state index in [1.807, 2.05) is 42.2 Å². The maximum absolute atomic E-state index is 12.3. The second-order valence-corrected chi connectivity index (χ2v) is 4.47. The van der Waals surface area contributed by atoms with Crippen LogP contribution in [0, 0.1) is 0 Å². The molecule has 0 amide bonds. The number of benzene rings is 1. The first-order valence-corrected chi connectivity index (χ1v) is 6.30. The van der Waals surface area contributed by atoms with Gasteiger partial charge in [-0.2, -0.15) is 0 Å². The van der Waals surface area contributed by atoms with E-state index in [4.69, 9.17) is 7.48 Å². The lowest BCUT2D eigenvalue weighted by molar-refractivity contribution is -0.120. The second-order valence-electron chi connectivity index (χ2n) is 4.47. The van der Waals surface area contributed by atoms with Gasteiger partial charge < -0.3 is 4.74 Å². The number of nitrogens with zero attached hydrogens (tertiary/aromatic N) is 1. The van der Waals surface area contributed by atoms with Crippen LogP contribution < -0.4 is 0 Å². The summed E-state index contributed by atoms with van der Waals surface area (Å²) in [5.74, 6) is -0.321. The monoisotopic (exact) mass is 249 g/mol.